The van der Waals surface area contributed by atoms with Gasteiger partial charge in [-0.25, -0.2) is 4.39 Å². The fraction of sp³-hybridized carbons (Fsp3) is 0.300. The Balaban J connectivity index is 2.37. The minimum absolute atomic E-state index is 0.0376. The van der Waals surface area contributed by atoms with E-state index in [9.17, 15) is 9.18 Å². The standard InChI is InChI=1S/C10H11FN2O2/c11-7-1-2-9-8(5-7)12-10(15)6-13(9)3-4-14/h1-2,5,14H,3-4,6H2,(H,12,15). The number of β-amino-alcohol motifs (C(OH)–C–C–N with tert-alkyl or cyclic N) is 1. The number of amides is 1. The van der Waals surface area contributed by atoms with Gasteiger partial charge in [0.25, 0.3) is 0 Å². The number of anilines is 2. The number of aliphatic hydroxyl groups is 1. The Kier molecular flexibility index (Phi) is 2.55. The van der Waals surface area contributed by atoms with Crippen molar-refractivity contribution in [3.63, 3.8) is 0 Å². The zero-order chi connectivity index (χ0) is 10.8. The molecule has 2 N–H and O–H groups in total. The first kappa shape index (κ1) is 9.92. The minimum Gasteiger partial charge on any atom is -0.395 e. The number of nitrogens with one attached hydrogen (secondary N) is 1. The van der Waals surface area contributed by atoms with Crippen LogP contribution < -0.4 is 10.2 Å². The third kappa shape index (κ3) is 1.92. The molecule has 1 aliphatic heterocycles. The number of hydrogen-bond donors (Lipinski definition) is 2. The smallest absolute Gasteiger partial charge is 0.243 e. The molecule has 0 saturated heterocycles. The van der Waals surface area contributed by atoms with Crippen LogP contribution in [0.15, 0.2) is 18.2 Å². The van der Waals surface area contributed by atoms with Gasteiger partial charge in [-0.1, -0.05) is 0 Å². The first-order valence-electron chi connectivity index (χ1n) is 4.66. The van der Waals surface area contributed by atoms with Crippen LogP contribution in [-0.2, 0) is 4.79 Å². The van der Waals surface area contributed by atoms with Gasteiger partial charge in [-0.15, -0.1) is 0 Å². The molecule has 0 aliphatic carbocycles. The van der Waals surface area contributed by atoms with Gasteiger partial charge < -0.3 is 15.3 Å². The predicted molar refractivity (Wildman–Crippen MR) is 54.3 cm³/mol. The van der Waals surface area contributed by atoms with Gasteiger partial charge in [0.15, 0.2) is 0 Å². The van der Waals surface area contributed by atoms with Crippen molar-refractivity contribution < 1.29 is 14.3 Å². The molecule has 0 fully saturated rings. The highest BCUT2D eigenvalue weighted by Crippen LogP contribution is 2.29. The van der Waals surface area contributed by atoms with Crippen LogP contribution in [0.1, 0.15) is 0 Å². The second-order valence-electron chi connectivity index (χ2n) is 3.35. The van der Waals surface area contributed by atoms with E-state index in [0.717, 1.165) is 5.69 Å². The van der Waals surface area contributed by atoms with Crippen molar-refractivity contribution in [1.82, 2.24) is 0 Å². The maximum atomic E-state index is 12.9. The summed E-state index contributed by atoms with van der Waals surface area (Å²) in [6.45, 7) is 0.523. The lowest BCUT2D eigenvalue weighted by molar-refractivity contribution is -0.115. The summed E-state index contributed by atoms with van der Waals surface area (Å²) >= 11 is 0. The van der Waals surface area contributed by atoms with Gasteiger partial charge in [-0.3, -0.25) is 4.79 Å². The number of aliphatic hydroxyl groups excluding tert-OH is 1. The fourth-order valence-corrected chi connectivity index (χ4v) is 1.65. The van der Waals surface area contributed by atoms with E-state index in [1.165, 1.54) is 12.1 Å². The molecule has 1 aliphatic rings. The Morgan fingerprint density at radius 3 is 3.07 bits per heavy atom. The van der Waals surface area contributed by atoms with E-state index in [-0.39, 0.29) is 24.9 Å². The summed E-state index contributed by atoms with van der Waals surface area (Å²) in [7, 11) is 0. The highest BCUT2D eigenvalue weighted by atomic mass is 19.1. The normalized spacial score (nSPS) is 14.8. The number of carbonyl (C=O) groups excluding carboxylic acids is 1. The van der Waals surface area contributed by atoms with Crippen LogP contribution in [0.4, 0.5) is 15.8 Å². The number of hydrogen-bond acceptors (Lipinski definition) is 3. The third-order valence-electron chi connectivity index (χ3n) is 2.28. The van der Waals surface area contributed by atoms with E-state index in [2.05, 4.69) is 5.32 Å². The topological polar surface area (TPSA) is 52.6 Å². The summed E-state index contributed by atoms with van der Waals surface area (Å²) in [5.74, 6) is -0.582. The van der Waals surface area contributed by atoms with Crippen molar-refractivity contribution in [3.05, 3.63) is 24.0 Å². The van der Waals surface area contributed by atoms with Gasteiger partial charge in [-0.2, -0.15) is 0 Å². The van der Waals surface area contributed by atoms with E-state index >= 15 is 0 Å². The monoisotopic (exact) mass is 210 g/mol. The molecule has 1 amide bonds. The van der Waals surface area contributed by atoms with E-state index < -0.39 is 0 Å². The summed E-state index contributed by atoms with van der Waals surface area (Å²) in [5, 5.41) is 11.4. The van der Waals surface area contributed by atoms with Gasteiger partial charge >= 0.3 is 0 Å². The first-order valence-corrected chi connectivity index (χ1v) is 4.66. The van der Waals surface area contributed by atoms with E-state index in [1.54, 1.807) is 11.0 Å². The van der Waals surface area contributed by atoms with Crippen LogP contribution in [0, 0.1) is 5.82 Å². The minimum atomic E-state index is -0.389. The molecule has 1 aromatic carbocycles. The molecule has 0 aromatic heterocycles. The number of carbonyl (C=O) groups is 1. The number of fused-ring (bicyclic) bond motifs is 1. The van der Waals surface area contributed by atoms with Crippen LogP contribution in [0.25, 0.3) is 0 Å². The molecule has 0 bridgehead atoms. The fourth-order valence-electron chi connectivity index (χ4n) is 1.65. The highest BCUT2D eigenvalue weighted by molar-refractivity contribution is 6.01. The third-order valence-corrected chi connectivity index (χ3v) is 2.28. The Hall–Kier alpha value is -1.62. The Morgan fingerprint density at radius 1 is 1.53 bits per heavy atom. The molecule has 1 heterocycles. The average Bonchev–Trinajstić information content (AvgIpc) is 2.17. The van der Waals surface area contributed by atoms with Crippen molar-refractivity contribution in [2.24, 2.45) is 0 Å². The molecule has 2 rings (SSSR count). The Morgan fingerprint density at radius 2 is 2.33 bits per heavy atom. The molecular formula is C10H11FN2O2. The van der Waals surface area contributed by atoms with Crippen molar-refractivity contribution >= 4 is 17.3 Å². The Labute approximate surface area is 86.3 Å². The summed E-state index contributed by atoms with van der Waals surface area (Å²) in [6, 6.07) is 4.21. The maximum Gasteiger partial charge on any atom is 0.243 e. The lowest BCUT2D eigenvalue weighted by Crippen LogP contribution is -2.39. The van der Waals surface area contributed by atoms with Gasteiger partial charge in [0.2, 0.25) is 5.91 Å². The van der Waals surface area contributed by atoms with Crippen molar-refractivity contribution in [2.75, 3.05) is 29.9 Å². The number of rotatable bonds is 2. The molecule has 0 saturated carbocycles. The van der Waals surface area contributed by atoms with Crippen LogP contribution in [0.3, 0.4) is 0 Å². The van der Waals surface area contributed by atoms with Crippen molar-refractivity contribution in [2.45, 2.75) is 0 Å². The molecule has 1 aromatic rings. The summed E-state index contributed by atoms with van der Waals surface area (Å²) < 4.78 is 12.9. The van der Waals surface area contributed by atoms with E-state index in [1.807, 2.05) is 0 Å². The van der Waals surface area contributed by atoms with Crippen LogP contribution >= 0.6 is 0 Å². The SMILES string of the molecule is O=C1CN(CCO)c2ccc(F)cc2N1. The van der Waals surface area contributed by atoms with Crippen LogP contribution in [0.2, 0.25) is 0 Å². The predicted octanol–water partition coefficient (Wildman–Crippen LogP) is 0.576. The maximum absolute atomic E-state index is 12.9. The van der Waals surface area contributed by atoms with Crippen LogP contribution in [-0.4, -0.2) is 30.7 Å². The zero-order valence-corrected chi connectivity index (χ0v) is 8.03. The van der Waals surface area contributed by atoms with E-state index in [4.69, 9.17) is 5.11 Å². The van der Waals surface area contributed by atoms with Crippen LogP contribution in [0.5, 0.6) is 0 Å². The van der Waals surface area contributed by atoms with Gasteiger partial charge in [-0.05, 0) is 18.2 Å². The number of nitrogens with zero attached hydrogens (tertiary/aromatic N) is 1. The quantitative estimate of drug-likeness (QED) is 0.750. The van der Waals surface area contributed by atoms with Crippen molar-refractivity contribution in [3.8, 4) is 0 Å². The summed E-state index contributed by atoms with van der Waals surface area (Å²) in [4.78, 5) is 13.0. The van der Waals surface area contributed by atoms with Gasteiger partial charge in [0.05, 0.1) is 24.5 Å². The molecule has 5 heteroatoms. The summed E-state index contributed by atoms with van der Waals surface area (Å²) in [5.41, 5.74) is 1.20. The number of benzene rings is 1. The lowest BCUT2D eigenvalue weighted by atomic mass is 10.2. The highest BCUT2D eigenvalue weighted by Gasteiger charge is 2.21. The van der Waals surface area contributed by atoms with Gasteiger partial charge in [0, 0.05) is 6.54 Å². The molecule has 0 atom stereocenters. The lowest BCUT2D eigenvalue weighted by Gasteiger charge is -2.30. The largest absolute Gasteiger partial charge is 0.395 e. The second kappa shape index (κ2) is 3.86. The molecule has 15 heavy (non-hydrogen) atoms. The molecular weight excluding hydrogens is 199 g/mol. The zero-order valence-electron chi connectivity index (χ0n) is 8.03. The second-order valence-corrected chi connectivity index (χ2v) is 3.35. The van der Waals surface area contributed by atoms with Gasteiger partial charge in [0.1, 0.15) is 5.82 Å². The molecule has 4 nitrogen and oxygen atoms in total. The molecule has 0 spiro atoms. The summed E-state index contributed by atoms with van der Waals surface area (Å²) in [6.07, 6.45) is 0. The average molecular weight is 210 g/mol. The van der Waals surface area contributed by atoms with E-state index in [0.29, 0.717) is 12.2 Å². The Bertz CT molecular complexity index is 395. The molecule has 0 radical (unpaired) electrons. The van der Waals surface area contributed by atoms with Crippen molar-refractivity contribution in [1.29, 1.82) is 0 Å². The number of halogens is 1. The molecule has 0 unspecified atom stereocenters. The first-order chi connectivity index (χ1) is 7.20. The molecule has 80 valence electrons.